The summed E-state index contributed by atoms with van der Waals surface area (Å²) >= 11 is 6.00. The van der Waals surface area contributed by atoms with Crippen LogP contribution in [0.4, 0.5) is 0 Å². The van der Waals surface area contributed by atoms with E-state index in [-0.39, 0.29) is 21.3 Å². The Morgan fingerprint density at radius 3 is 2.48 bits per heavy atom. The monoisotopic (exact) mass is 376 g/mol. The van der Waals surface area contributed by atoms with Crippen molar-refractivity contribution < 1.29 is 13.2 Å². The number of hydrogen-bond acceptors (Lipinski definition) is 3. The maximum absolute atomic E-state index is 13.1. The standard InChI is InChI=1S/C18H17ClN2O3S/c1-11-13-6-4-5-7-15(13)21(3)17(11)18(22)12-8-9-14(19)16(10-12)25(23,24)20-2/h4-10,20H,1-3H3. The van der Waals surface area contributed by atoms with Gasteiger partial charge in [0, 0.05) is 23.5 Å². The molecule has 5 nitrogen and oxygen atoms in total. The first-order valence-corrected chi connectivity index (χ1v) is 9.46. The third-order valence-corrected chi connectivity index (χ3v) is 6.22. The molecule has 0 saturated carbocycles. The summed E-state index contributed by atoms with van der Waals surface area (Å²) in [7, 11) is -0.630. The second kappa shape index (κ2) is 6.29. The van der Waals surface area contributed by atoms with Gasteiger partial charge in [-0.3, -0.25) is 4.79 Å². The summed E-state index contributed by atoms with van der Waals surface area (Å²) in [6, 6.07) is 12.0. The molecule has 0 aliphatic carbocycles. The third kappa shape index (κ3) is 2.86. The van der Waals surface area contributed by atoms with Crippen LogP contribution in [0.3, 0.4) is 0 Å². The molecule has 0 radical (unpaired) electrons. The Labute approximate surface area is 151 Å². The molecule has 1 N–H and O–H groups in total. The maximum atomic E-state index is 13.1. The van der Waals surface area contributed by atoms with Crippen molar-refractivity contribution in [3.05, 3.63) is 64.3 Å². The lowest BCUT2D eigenvalue weighted by Crippen LogP contribution is -2.19. The van der Waals surface area contributed by atoms with Gasteiger partial charge >= 0.3 is 0 Å². The molecule has 0 unspecified atom stereocenters. The number of nitrogens with one attached hydrogen (secondary N) is 1. The zero-order valence-electron chi connectivity index (χ0n) is 14.0. The molecule has 0 amide bonds. The number of rotatable bonds is 4. The first-order chi connectivity index (χ1) is 11.8. The number of ketones is 1. The van der Waals surface area contributed by atoms with Crippen LogP contribution in [0.5, 0.6) is 0 Å². The minimum absolute atomic E-state index is 0.0691. The first kappa shape index (κ1) is 17.7. The van der Waals surface area contributed by atoms with Crippen molar-refractivity contribution in [2.75, 3.05) is 7.05 Å². The minimum Gasteiger partial charge on any atom is -0.341 e. The Kier molecular flexibility index (Phi) is 4.45. The summed E-state index contributed by atoms with van der Waals surface area (Å²) < 4.78 is 28.2. The highest BCUT2D eigenvalue weighted by Crippen LogP contribution is 2.28. The number of carbonyl (C=O) groups is 1. The van der Waals surface area contributed by atoms with Crippen LogP contribution in [0.1, 0.15) is 21.6 Å². The summed E-state index contributed by atoms with van der Waals surface area (Å²) in [5, 5.41) is 1.06. The molecule has 7 heteroatoms. The highest BCUT2D eigenvalue weighted by molar-refractivity contribution is 7.89. The summed E-state index contributed by atoms with van der Waals surface area (Å²) in [5.74, 6) is -0.250. The maximum Gasteiger partial charge on any atom is 0.241 e. The number of benzene rings is 2. The highest BCUT2D eigenvalue weighted by atomic mass is 35.5. The summed E-state index contributed by atoms with van der Waals surface area (Å²) in [6.45, 7) is 1.89. The van der Waals surface area contributed by atoms with Gasteiger partial charge in [-0.1, -0.05) is 29.8 Å². The lowest BCUT2D eigenvalue weighted by molar-refractivity contribution is 0.103. The number of fused-ring (bicyclic) bond motifs is 1. The quantitative estimate of drug-likeness (QED) is 0.710. The van der Waals surface area contributed by atoms with E-state index in [1.165, 1.54) is 25.2 Å². The molecule has 1 heterocycles. The fourth-order valence-electron chi connectivity index (χ4n) is 3.00. The van der Waals surface area contributed by atoms with E-state index >= 15 is 0 Å². The van der Waals surface area contributed by atoms with Gasteiger partial charge in [-0.15, -0.1) is 0 Å². The molecular weight excluding hydrogens is 360 g/mol. The Morgan fingerprint density at radius 2 is 1.84 bits per heavy atom. The van der Waals surface area contributed by atoms with E-state index in [0.717, 1.165) is 16.5 Å². The molecule has 1 aromatic heterocycles. The number of nitrogens with zero attached hydrogens (tertiary/aromatic N) is 1. The fraction of sp³-hybridized carbons (Fsp3) is 0.167. The SMILES string of the molecule is CNS(=O)(=O)c1cc(C(=O)c2c(C)c3ccccc3n2C)ccc1Cl. The van der Waals surface area contributed by atoms with Crippen LogP contribution in [-0.2, 0) is 17.1 Å². The second-order valence-corrected chi connectivity index (χ2v) is 7.99. The summed E-state index contributed by atoms with van der Waals surface area (Å²) in [4.78, 5) is 12.9. The van der Waals surface area contributed by atoms with E-state index in [2.05, 4.69) is 4.72 Å². The number of hydrogen-bond donors (Lipinski definition) is 1. The predicted molar refractivity (Wildman–Crippen MR) is 98.8 cm³/mol. The van der Waals surface area contributed by atoms with Crippen molar-refractivity contribution in [1.29, 1.82) is 0 Å². The average Bonchev–Trinajstić information content (AvgIpc) is 2.86. The van der Waals surface area contributed by atoms with Crippen LogP contribution in [0.15, 0.2) is 47.4 Å². The van der Waals surface area contributed by atoms with Gasteiger partial charge in [0.05, 0.1) is 10.7 Å². The van der Waals surface area contributed by atoms with Gasteiger partial charge in [0.25, 0.3) is 0 Å². The van der Waals surface area contributed by atoms with Gasteiger partial charge in [0.15, 0.2) is 0 Å². The van der Waals surface area contributed by atoms with Crippen molar-refractivity contribution in [3.63, 3.8) is 0 Å². The first-order valence-electron chi connectivity index (χ1n) is 7.59. The molecule has 130 valence electrons. The van der Waals surface area contributed by atoms with E-state index in [0.29, 0.717) is 5.69 Å². The Hall–Kier alpha value is -2.15. The normalized spacial score (nSPS) is 11.8. The molecule has 25 heavy (non-hydrogen) atoms. The van der Waals surface area contributed by atoms with Gasteiger partial charge in [0.2, 0.25) is 15.8 Å². The van der Waals surface area contributed by atoms with E-state index in [1.807, 2.05) is 42.8 Å². The van der Waals surface area contributed by atoms with Crippen molar-refractivity contribution >= 4 is 38.3 Å². The number of carbonyl (C=O) groups excluding carboxylic acids is 1. The van der Waals surface area contributed by atoms with E-state index in [1.54, 1.807) is 0 Å². The van der Waals surface area contributed by atoms with Crippen LogP contribution < -0.4 is 4.72 Å². The second-order valence-electron chi connectivity index (χ2n) is 5.73. The molecule has 0 saturated heterocycles. The van der Waals surface area contributed by atoms with Gasteiger partial charge in [0.1, 0.15) is 4.90 Å². The number of aryl methyl sites for hydroxylation is 2. The lowest BCUT2D eigenvalue weighted by atomic mass is 10.0. The molecule has 0 spiro atoms. The van der Waals surface area contributed by atoms with Crippen LogP contribution in [0.2, 0.25) is 5.02 Å². The number of aromatic nitrogens is 1. The summed E-state index contributed by atoms with van der Waals surface area (Å²) in [6.07, 6.45) is 0. The molecular formula is C18H17ClN2O3S. The van der Waals surface area contributed by atoms with Crippen LogP contribution >= 0.6 is 11.6 Å². The molecule has 0 aliphatic rings. The molecule has 0 fully saturated rings. The van der Waals surface area contributed by atoms with Gasteiger partial charge in [-0.2, -0.15) is 0 Å². The summed E-state index contributed by atoms with van der Waals surface area (Å²) in [5.41, 5.74) is 2.60. The van der Waals surface area contributed by atoms with E-state index in [9.17, 15) is 13.2 Å². The average molecular weight is 377 g/mol. The van der Waals surface area contributed by atoms with Gasteiger partial charge in [-0.05, 0) is 43.8 Å². The number of halogens is 1. The van der Waals surface area contributed by atoms with Gasteiger partial charge in [-0.25, -0.2) is 13.1 Å². The third-order valence-electron chi connectivity index (χ3n) is 4.33. The smallest absolute Gasteiger partial charge is 0.241 e. The van der Waals surface area contributed by atoms with Crippen LogP contribution in [0.25, 0.3) is 10.9 Å². The van der Waals surface area contributed by atoms with Gasteiger partial charge < -0.3 is 4.57 Å². The zero-order chi connectivity index (χ0) is 18.4. The largest absolute Gasteiger partial charge is 0.341 e. The van der Waals surface area contributed by atoms with Crippen molar-refractivity contribution in [3.8, 4) is 0 Å². The van der Waals surface area contributed by atoms with Crippen LogP contribution in [-0.4, -0.2) is 25.8 Å². The fourth-order valence-corrected chi connectivity index (χ4v) is 4.25. The molecule has 3 aromatic rings. The van der Waals surface area contributed by atoms with Crippen molar-refractivity contribution in [2.45, 2.75) is 11.8 Å². The predicted octanol–water partition coefficient (Wildman–Crippen LogP) is 3.28. The Morgan fingerprint density at radius 1 is 1.16 bits per heavy atom. The molecule has 0 bridgehead atoms. The molecule has 0 aliphatic heterocycles. The van der Waals surface area contributed by atoms with Crippen molar-refractivity contribution in [2.24, 2.45) is 7.05 Å². The minimum atomic E-state index is -3.75. The van der Waals surface area contributed by atoms with E-state index < -0.39 is 10.0 Å². The molecule has 2 aromatic carbocycles. The Bertz CT molecular complexity index is 1060. The van der Waals surface area contributed by atoms with Crippen molar-refractivity contribution in [1.82, 2.24) is 9.29 Å². The number of para-hydroxylation sites is 1. The molecule has 3 rings (SSSR count). The zero-order valence-corrected chi connectivity index (χ0v) is 15.6. The topological polar surface area (TPSA) is 68.2 Å². The van der Waals surface area contributed by atoms with Crippen LogP contribution in [0, 0.1) is 6.92 Å². The number of sulfonamides is 1. The highest BCUT2D eigenvalue weighted by Gasteiger charge is 2.23. The molecule has 0 atom stereocenters. The lowest BCUT2D eigenvalue weighted by Gasteiger charge is -2.09. The van der Waals surface area contributed by atoms with E-state index in [4.69, 9.17) is 11.6 Å². The Balaban J connectivity index is 2.19.